The van der Waals surface area contributed by atoms with Crippen molar-refractivity contribution in [2.75, 3.05) is 33.9 Å². The van der Waals surface area contributed by atoms with E-state index in [2.05, 4.69) is 24.3 Å². The predicted molar refractivity (Wildman–Crippen MR) is 71.3 cm³/mol. The van der Waals surface area contributed by atoms with E-state index in [0.717, 1.165) is 19.8 Å². The first-order valence-corrected chi connectivity index (χ1v) is 7.21. The lowest BCUT2D eigenvalue weighted by Crippen LogP contribution is -2.55. The van der Waals surface area contributed by atoms with Gasteiger partial charge in [-0.2, -0.15) is 0 Å². The van der Waals surface area contributed by atoms with Crippen LogP contribution in [0.4, 0.5) is 0 Å². The molecule has 0 bridgehead atoms. The summed E-state index contributed by atoms with van der Waals surface area (Å²) >= 11 is 0. The summed E-state index contributed by atoms with van der Waals surface area (Å²) in [5, 5.41) is 3.79. The van der Waals surface area contributed by atoms with Gasteiger partial charge in [0.1, 0.15) is 0 Å². The molecule has 0 aromatic heterocycles. The molecule has 17 heavy (non-hydrogen) atoms. The molecule has 2 rings (SSSR count). The molecule has 2 fully saturated rings. The van der Waals surface area contributed by atoms with Gasteiger partial charge in [-0.25, -0.2) is 0 Å². The van der Waals surface area contributed by atoms with E-state index in [-0.39, 0.29) is 0 Å². The molecule has 0 aromatic carbocycles. The maximum Gasteiger partial charge on any atom is 0.0480 e. The van der Waals surface area contributed by atoms with E-state index in [9.17, 15) is 0 Å². The molecule has 0 spiro atoms. The average Bonchev–Trinajstić information content (AvgIpc) is 2.38. The molecule has 3 heteroatoms. The number of nitrogens with one attached hydrogen (secondary N) is 1. The minimum absolute atomic E-state index is 0.413. The Morgan fingerprint density at radius 3 is 2.35 bits per heavy atom. The topological polar surface area (TPSA) is 24.5 Å². The van der Waals surface area contributed by atoms with Crippen LogP contribution in [0.3, 0.4) is 0 Å². The average molecular weight is 240 g/mol. The normalized spacial score (nSPS) is 26.3. The fourth-order valence-corrected chi connectivity index (χ4v) is 3.23. The van der Waals surface area contributed by atoms with Gasteiger partial charge in [-0.3, -0.25) is 0 Å². The largest absolute Gasteiger partial charge is 0.381 e. The molecule has 1 aliphatic heterocycles. The van der Waals surface area contributed by atoms with Crippen molar-refractivity contribution < 1.29 is 4.74 Å². The van der Waals surface area contributed by atoms with Crippen LogP contribution < -0.4 is 5.32 Å². The Balaban J connectivity index is 1.84. The SMILES string of the molecule is CN(C)C1(CNC2CCOCC2)CCCCC1. The summed E-state index contributed by atoms with van der Waals surface area (Å²) in [6.45, 7) is 3.03. The molecule has 1 N–H and O–H groups in total. The van der Waals surface area contributed by atoms with Gasteiger partial charge < -0.3 is 15.0 Å². The monoisotopic (exact) mass is 240 g/mol. The summed E-state index contributed by atoms with van der Waals surface area (Å²) in [6.07, 6.45) is 9.30. The van der Waals surface area contributed by atoms with Crippen LogP contribution in [0.2, 0.25) is 0 Å². The van der Waals surface area contributed by atoms with E-state index in [1.165, 1.54) is 44.9 Å². The Kier molecular flexibility index (Phi) is 4.83. The second-order valence-electron chi connectivity index (χ2n) is 5.95. The maximum absolute atomic E-state index is 5.41. The van der Waals surface area contributed by atoms with Gasteiger partial charge in [0, 0.05) is 31.3 Å². The molecule has 1 heterocycles. The highest BCUT2D eigenvalue weighted by molar-refractivity contribution is 4.93. The first-order chi connectivity index (χ1) is 8.23. The number of nitrogens with zero attached hydrogens (tertiary/aromatic N) is 1. The fraction of sp³-hybridized carbons (Fsp3) is 1.00. The summed E-state index contributed by atoms with van der Waals surface area (Å²) in [6, 6.07) is 0.683. The summed E-state index contributed by atoms with van der Waals surface area (Å²) in [7, 11) is 4.49. The number of hydrogen-bond donors (Lipinski definition) is 1. The first kappa shape index (κ1) is 13.3. The van der Waals surface area contributed by atoms with Crippen LogP contribution in [0.15, 0.2) is 0 Å². The second kappa shape index (κ2) is 6.17. The van der Waals surface area contributed by atoms with E-state index in [1.54, 1.807) is 0 Å². The summed E-state index contributed by atoms with van der Waals surface area (Å²) in [4.78, 5) is 2.46. The zero-order chi connectivity index (χ0) is 12.1. The molecular weight excluding hydrogens is 212 g/mol. The van der Waals surface area contributed by atoms with Crippen LogP contribution in [-0.4, -0.2) is 50.3 Å². The van der Waals surface area contributed by atoms with E-state index >= 15 is 0 Å². The van der Waals surface area contributed by atoms with Crippen molar-refractivity contribution in [1.29, 1.82) is 0 Å². The van der Waals surface area contributed by atoms with Crippen LogP contribution in [0.1, 0.15) is 44.9 Å². The molecule has 1 aliphatic carbocycles. The molecule has 1 saturated carbocycles. The Labute approximate surface area is 106 Å². The van der Waals surface area contributed by atoms with Crippen LogP contribution >= 0.6 is 0 Å². The molecule has 0 atom stereocenters. The Bertz CT molecular complexity index is 218. The molecule has 100 valence electrons. The van der Waals surface area contributed by atoms with E-state index in [4.69, 9.17) is 4.74 Å². The van der Waals surface area contributed by atoms with E-state index in [0.29, 0.717) is 11.6 Å². The highest BCUT2D eigenvalue weighted by Crippen LogP contribution is 2.31. The fourth-order valence-electron chi connectivity index (χ4n) is 3.23. The first-order valence-electron chi connectivity index (χ1n) is 7.21. The molecule has 0 amide bonds. The van der Waals surface area contributed by atoms with E-state index in [1.807, 2.05) is 0 Å². The summed E-state index contributed by atoms with van der Waals surface area (Å²) in [5.41, 5.74) is 0.413. The minimum atomic E-state index is 0.413. The molecular formula is C14H28N2O. The van der Waals surface area contributed by atoms with E-state index < -0.39 is 0 Å². The Morgan fingerprint density at radius 2 is 1.76 bits per heavy atom. The number of ether oxygens (including phenoxy) is 1. The van der Waals surface area contributed by atoms with Crippen molar-refractivity contribution in [3.8, 4) is 0 Å². The van der Waals surface area contributed by atoms with Crippen molar-refractivity contribution >= 4 is 0 Å². The third kappa shape index (κ3) is 3.43. The molecule has 0 aromatic rings. The Hall–Kier alpha value is -0.120. The lowest BCUT2D eigenvalue weighted by atomic mass is 9.80. The van der Waals surface area contributed by atoms with Gasteiger partial charge in [0.15, 0.2) is 0 Å². The predicted octanol–water partition coefficient (Wildman–Crippen LogP) is 2.02. The summed E-state index contributed by atoms with van der Waals surface area (Å²) in [5.74, 6) is 0. The lowest BCUT2D eigenvalue weighted by molar-refractivity contribution is 0.0604. The van der Waals surface area contributed by atoms with Crippen molar-refractivity contribution in [3.05, 3.63) is 0 Å². The van der Waals surface area contributed by atoms with Gasteiger partial charge in [0.2, 0.25) is 0 Å². The van der Waals surface area contributed by atoms with Gasteiger partial charge in [0.25, 0.3) is 0 Å². The van der Waals surface area contributed by atoms with Crippen LogP contribution in [0, 0.1) is 0 Å². The number of likely N-dealkylation sites (N-methyl/N-ethyl adjacent to an activating group) is 1. The second-order valence-corrected chi connectivity index (χ2v) is 5.95. The minimum Gasteiger partial charge on any atom is -0.381 e. The van der Waals surface area contributed by atoms with Gasteiger partial charge in [-0.15, -0.1) is 0 Å². The van der Waals surface area contributed by atoms with Gasteiger partial charge in [-0.05, 0) is 39.8 Å². The highest BCUT2D eigenvalue weighted by Gasteiger charge is 2.34. The highest BCUT2D eigenvalue weighted by atomic mass is 16.5. The molecule has 1 saturated heterocycles. The van der Waals surface area contributed by atoms with Crippen molar-refractivity contribution in [2.24, 2.45) is 0 Å². The number of hydrogen-bond acceptors (Lipinski definition) is 3. The zero-order valence-corrected chi connectivity index (χ0v) is 11.5. The molecule has 0 radical (unpaired) electrons. The molecule has 3 nitrogen and oxygen atoms in total. The zero-order valence-electron chi connectivity index (χ0n) is 11.5. The third-order valence-electron chi connectivity index (χ3n) is 4.67. The smallest absolute Gasteiger partial charge is 0.0480 e. The van der Waals surface area contributed by atoms with Crippen molar-refractivity contribution in [3.63, 3.8) is 0 Å². The van der Waals surface area contributed by atoms with Crippen LogP contribution in [0.5, 0.6) is 0 Å². The molecule has 2 aliphatic rings. The van der Waals surface area contributed by atoms with Gasteiger partial charge in [-0.1, -0.05) is 19.3 Å². The summed E-state index contributed by atoms with van der Waals surface area (Å²) < 4.78 is 5.41. The van der Waals surface area contributed by atoms with Crippen LogP contribution in [-0.2, 0) is 4.74 Å². The van der Waals surface area contributed by atoms with Gasteiger partial charge in [0.05, 0.1) is 0 Å². The van der Waals surface area contributed by atoms with Crippen molar-refractivity contribution in [2.45, 2.75) is 56.5 Å². The Morgan fingerprint density at radius 1 is 1.12 bits per heavy atom. The number of rotatable bonds is 4. The van der Waals surface area contributed by atoms with Crippen molar-refractivity contribution in [1.82, 2.24) is 10.2 Å². The lowest BCUT2D eigenvalue weighted by Gasteiger charge is -2.44. The third-order valence-corrected chi connectivity index (χ3v) is 4.67. The maximum atomic E-state index is 5.41. The quantitative estimate of drug-likeness (QED) is 0.813. The molecule has 0 unspecified atom stereocenters. The van der Waals surface area contributed by atoms with Crippen LogP contribution in [0.25, 0.3) is 0 Å². The standard InChI is InChI=1S/C14H28N2O/c1-16(2)14(8-4-3-5-9-14)12-15-13-6-10-17-11-7-13/h13,15H,3-12H2,1-2H3. The van der Waals surface area contributed by atoms with Gasteiger partial charge >= 0.3 is 0 Å².